The summed E-state index contributed by atoms with van der Waals surface area (Å²) in [4.78, 5) is 14.6. The molecule has 1 amide bonds. The van der Waals surface area contributed by atoms with Gasteiger partial charge in [0.15, 0.2) is 11.0 Å². The number of amides is 1. The van der Waals surface area contributed by atoms with Crippen molar-refractivity contribution in [3.05, 3.63) is 65.7 Å². The lowest BCUT2D eigenvalue weighted by molar-refractivity contribution is -0.128. The second kappa shape index (κ2) is 10.4. The Kier molecular flexibility index (Phi) is 7.65. The number of carbonyl (C=O) groups is 1. The van der Waals surface area contributed by atoms with Gasteiger partial charge >= 0.3 is 0 Å². The average molecular weight is 425 g/mol. The molecule has 158 valence electrons. The largest absolute Gasteiger partial charge is 0.383 e. The van der Waals surface area contributed by atoms with Gasteiger partial charge in [0.2, 0.25) is 5.91 Å². The minimum atomic E-state index is 0.00789. The van der Waals surface area contributed by atoms with Crippen LogP contribution in [0.15, 0.2) is 59.8 Å². The number of thioether (sulfide) groups is 1. The van der Waals surface area contributed by atoms with Gasteiger partial charge in [-0.1, -0.05) is 65.9 Å². The zero-order valence-corrected chi connectivity index (χ0v) is 18.7. The Morgan fingerprint density at radius 2 is 1.93 bits per heavy atom. The van der Waals surface area contributed by atoms with Crippen LogP contribution in [0.4, 0.5) is 0 Å². The standard InChI is InChI=1S/C23H28N4O2S/c1-17-9-8-12-20(15-17)22-24-25-23(27(22)13-14-29-4)30-16-21(28)26(3)18(2)19-10-6-5-7-11-19/h5-12,15,18H,13-14,16H2,1-4H3/t18-/m1/s1. The lowest BCUT2D eigenvalue weighted by atomic mass is 10.1. The highest BCUT2D eigenvalue weighted by molar-refractivity contribution is 7.99. The zero-order chi connectivity index (χ0) is 21.5. The van der Waals surface area contributed by atoms with E-state index in [0.717, 1.165) is 27.7 Å². The fourth-order valence-electron chi connectivity index (χ4n) is 3.18. The summed E-state index contributed by atoms with van der Waals surface area (Å²) in [6.45, 7) is 5.26. The molecule has 0 aliphatic heterocycles. The van der Waals surface area contributed by atoms with Gasteiger partial charge in [-0.3, -0.25) is 9.36 Å². The highest BCUT2D eigenvalue weighted by Crippen LogP contribution is 2.26. The predicted molar refractivity (Wildman–Crippen MR) is 120 cm³/mol. The molecule has 7 heteroatoms. The number of nitrogens with zero attached hydrogens (tertiary/aromatic N) is 4. The first-order chi connectivity index (χ1) is 14.5. The van der Waals surface area contributed by atoms with Crippen LogP contribution in [0.1, 0.15) is 24.1 Å². The monoisotopic (exact) mass is 424 g/mol. The maximum absolute atomic E-state index is 12.8. The zero-order valence-electron chi connectivity index (χ0n) is 17.9. The van der Waals surface area contributed by atoms with E-state index in [-0.39, 0.29) is 11.9 Å². The summed E-state index contributed by atoms with van der Waals surface area (Å²) in [7, 11) is 3.52. The van der Waals surface area contributed by atoms with E-state index in [1.54, 1.807) is 12.0 Å². The first-order valence-corrected chi connectivity index (χ1v) is 10.9. The molecule has 0 aliphatic carbocycles. The molecule has 0 fully saturated rings. The lowest BCUT2D eigenvalue weighted by Crippen LogP contribution is -2.31. The molecule has 0 radical (unpaired) electrons. The van der Waals surface area contributed by atoms with Crippen LogP contribution in [-0.2, 0) is 16.1 Å². The summed E-state index contributed by atoms with van der Waals surface area (Å²) in [6, 6.07) is 18.2. The Labute approximate surface area is 182 Å². The van der Waals surface area contributed by atoms with E-state index < -0.39 is 0 Å². The van der Waals surface area contributed by atoms with Crippen LogP contribution in [0.25, 0.3) is 11.4 Å². The molecule has 1 aromatic heterocycles. The molecule has 0 saturated carbocycles. The van der Waals surface area contributed by atoms with Crippen LogP contribution in [0.3, 0.4) is 0 Å². The van der Waals surface area contributed by atoms with Crippen LogP contribution >= 0.6 is 11.8 Å². The quantitative estimate of drug-likeness (QED) is 0.482. The molecule has 0 spiro atoms. The van der Waals surface area contributed by atoms with Crippen molar-refractivity contribution >= 4 is 17.7 Å². The molecule has 2 aromatic carbocycles. The van der Waals surface area contributed by atoms with Crippen molar-refractivity contribution < 1.29 is 9.53 Å². The topological polar surface area (TPSA) is 60.2 Å². The molecule has 3 rings (SSSR count). The first kappa shape index (κ1) is 22.1. The highest BCUT2D eigenvalue weighted by atomic mass is 32.2. The van der Waals surface area contributed by atoms with Crippen molar-refractivity contribution in [2.75, 3.05) is 26.5 Å². The average Bonchev–Trinajstić information content (AvgIpc) is 3.18. The molecule has 3 aromatic rings. The van der Waals surface area contributed by atoms with Gasteiger partial charge < -0.3 is 9.64 Å². The second-order valence-electron chi connectivity index (χ2n) is 7.20. The third-order valence-corrected chi connectivity index (χ3v) is 6.04. The minimum absolute atomic E-state index is 0.00789. The molecule has 6 nitrogen and oxygen atoms in total. The Bertz CT molecular complexity index is 974. The summed E-state index contributed by atoms with van der Waals surface area (Å²) in [5.41, 5.74) is 3.28. The highest BCUT2D eigenvalue weighted by Gasteiger charge is 2.20. The first-order valence-electron chi connectivity index (χ1n) is 9.94. The molecule has 0 bridgehead atoms. The van der Waals surface area contributed by atoms with Gasteiger partial charge in [0, 0.05) is 19.7 Å². The number of ether oxygens (including phenoxy) is 1. The summed E-state index contributed by atoms with van der Waals surface area (Å²) in [5.74, 6) is 1.14. The smallest absolute Gasteiger partial charge is 0.233 e. The summed E-state index contributed by atoms with van der Waals surface area (Å²) in [5, 5.41) is 9.48. The van der Waals surface area contributed by atoms with Crippen molar-refractivity contribution in [1.29, 1.82) is 0 Å². The second-order valence-corrected chi connectivity index (χ2v) is 8.14. The molecular formula is C23H28N4O2S. The molecule has 1 heterocycles. The fraction of sp³-hybridized carbons (Fsp3) is 0.348. The van der Waals surface area contributed by atoms with E-state index in [1.807, 2.05) is 61.0 Å². The maximum atomic E-state index is 12.8. The van der Waals surface area contributed by atoms with E-state index in [2.05, 4.69) is 29.3 Å². The Hall–Kier alpha value is -2.64. The number of methoxy groups -OCH3 is 1. The van der Waals surface area contributed by atoms with Crippen molar-refractivity contribution in [2.45, 2.75) is 31.6 Å². The number of rotatable bonds is 9. The van der Waals surface area contributed by atoms with Gasteiger partial charge in [0.05, 0.1) is 24.9 Å². The predicted octanol–water partition coefficient (Wildman–Crippen LogP) is 4.21. The van der Waals surface area contributed by atoms with E-state index in [9.17, 15) is 4.79 Å². The number of aryl methyl sites for hydroxylation is 1. The van der Waals surface area contributed by atoms with E-state index in [0.29, 0.717) is 18.9 Å². The summed E-state index contributed by atoms with van der Waals surface area (Å²) in [6.07, 6.45) is 0. The molecule has 0 N–H and O–H groups in total. The normalized spacial score (nSPS) is 12.0. The van der Waals surface area contributed by atoms with Crippen LogP contribution < -0.4 is 0 Å². The van der Waals surface area contributed by atoms with Gasteiger partial charge in [-0.15, -0.1) is 10.2 Å². The summed E-state index contributed by atoms with van der Waals surface area (Å²) < 4.78 is 7.29. The van der Waals surface area contributed by atoms with Crippen molar-refractivity contribution in [1.82, 2.24) is 19.7 Å². The molecular weight excluding hydrogens is 396 g/mol. The number of benzene rings is 2. The number of hydrogen-bond acceptors (Lipinski definition) is 5. The van der Waals surface area contributed by atoms with Gasteiger partial charge in [0.25, 0.3) is 0 Å². The van der Waals surface area contributed by atoms with Crippen LogP contribution in [0.2, 0.25) is 0 Å². The Balaban J connectivity index is 1.73. The number of carbonyl (C=O) groups excluding carboxylic acids is 1. The third-order valence-electron chi connectivity index (χ3n) is 5.09. The molecule has 30 heavy (non-hydrogen) atoms. The minimum Gasteiger partial charge on any atom is -0.383 e. The third kappa shape index (κ3) is 5.29. The van der Waals surface area contributed by atoms with Crippen molar-refractivity contribution in [3.8, 4) is 11.4 Å². The van der Waals surface area contributed by atoms with Crippen molar-refractivity contribution in [2.24, 2.45) is 0 Å². The fourth-order valence-corrected chi connectivity index (χ4v) is 4.06. The molecule has 1 atom stereocenters. The molecule has 0 unspecified atom stereocenters. The maximum Gasteiger partial charge on any atom is 0.233 e. The van der Waals surface area contributed by atoms with E-state index in [4.69, 9.17) is 4.74 Å². The Morgan fingerprint density at radius 3 is 2.63 bits per heavy atom. The van der Waals surface area contributed by atoms with Crippen molar-refractivity contribution in [3.63, 3.8) is 0 Å². The van der Waals surface area contributed by atoms with E-state index in [1.165, 1.54) is 11.8 Å². The van der Waals surface area contributed by atoms with Gasteiger partial charge in [-0.2, -0.15) is 0 Å². The van der Waals surface area contributed by atoms with Gasteiger partial charge in [-0.05, 0) is 25.5 Å². The Morgan fingerprint density at radius 1 is 1.17 bits per heavy atom. The molecule has 0 saturated heterocycles. The lowest BCUT2D eigenvalue weighted by Gasteiger charge is -2.25. The van der Waals surface area contributed by atoms with Gasteiger partial charge in [0.1, 0.15) is 0 Å². The number of hydrogen-bond donors (Lipinski definition) is 0. The van der Waals surface area contributed by atoms with E-state index >= 15 is 0 Å². The SMILES string of the molecule is COCCn1c(SCC(=O)N(C)[C@H](C)c2ccccc2)nnc1-c1cccc(C)c1. The summed E-state index contributed by atoms with van der Waals surface area (Å²) >= 11 is 1.41. The van der Waals surface area contributed by atoms with Crippen LogP contribution in [0.5, 0.6) is 0 Å². The van der Waals surface area contributed by atoms with Crippen LogP contribution in [-0.4, -0.2) is 52.1 Å². The van der Waals surface area contributed by atoms with Gasteiger partial charge in [-0.25, -0.2) is 0 Å². The van der Waals surface area contributed by atoms with Crippen LogP contribution in [0, 0.1) is 6.92 Å². The number of aromatic nitrogens is 3. The molecule has 0 aliphatic rings.